The smallest absolute Gasteiger partial charge is 0.330 e. The maximum Gasteiger partial charge on any atom is 0.330 e. The summed E-state index contributed by atoms with van der Waals surface area (Å²) in [6.45, 7) is 7.44. The highest BCUT2D eigenvalue weighted by Gasteiger charge is 2.31. The van der Waals surface area contributed by atoms with E-state index in [-0.39, 0.29) is 11.9 Å². The third kappa shape index (κ3) is 6.47. The van der Waals surface area contributed by atoms with E-state index in [0.717, 1.165) is 35.7 Å². The molecule has 0 unspecified atom stereocenters. The summed E-state index contributed by atoms with van der Waals surface area (Å²) in [6, 6.07) is 20.7. The number of benzene rings is 2. The maximum absolute atomic E-state index is 14.2. The molecule has 4 heterocycles. The van der Waals surface area contributed by atoms with Crippen LogP contribution in [0.4, 0.5) is 39.4 Å². The molecule has 2 aliphatic heterocycles. The van der Waals surface area contributed by atoms with Crippen LogP contribution in [-0.2, 0) is 22.5 Å². The molecule has 0 aliphatic carbocycles. The number of urea groups is 1. The van der Waals surface area contributed by atoms with Gasteiger partial charge in [-0.1, -0.05) is 43.0 Å². The van der Waals surface area contributed by atoms with Gasteiger partial charge >= 0.3 is 6.03 Å². The molecule has 0 radical (unpaired) electrons. The molecular formula is C32H32N8O3. The standard InChI is InChI=1S/C32H32N8O3/c1-2-29(41)35-25-9-6-10-27(19-25)40-30-24(13-14-39(32(40)42)22-23-7-4-3-5-8-23)20-34-31(37-30)36-26-11-12-28(33-21-26)38-15-17-43-18-16-38/h2-12,19-21H,1,13-18,22H2,(H,35,41)(H,34,36,37). The van der Waals surface area contributed by atoms with Crippen molar-refractivity contribution in [3.63, 3.8) is 0 Å². The molecule has 43 heavy (non-hydrogen) atoms. The van der Waals surface area contributed by atoms with Crippen LogP contribution in [0.2, 0.25) is 0 Å². The number of pyridine rings is 1. The van der Waals surface area contributed by atoms with Crippen LogP contribution in [0, 0.1) is 0 Å². The Morgan fingerprint density at radius 1 is 0.953 bits per heavy atom. The zero-order valence-corrected chi connectivity index (χ0v) is 23.6. The highest BCUT2D eigenvalue weighted by Crippen LogP contribution is 2.34. The van der Waals surface area contributed by atoms with Crippen molar-refractivity contribution in [3.8, 4) is 0 Å². The Morgan fingerprint density at radius 2 is 1.79 bits per heavy atom. The monoisotopic (exact) mass is 576 g/mol. The van der Waals surface area contributed by atoms with Crippen LogP contribution in [0.5, 0.6) is 0 Å². The zero-order chi connectivity index (χ0) is 29.6. The van der Waals surface area contributed by atoms with Gasteiger partial charge in [0.05, 0.1) is 30.8 Å². The van der Waals surface area contributed by atoms with Gasteiger partial charge in [0.2, 0.25) is 11.9 Å². The van der Waals surface area contributed by atoms with Gasteiger partial charge in [-0.2, -0.15) is 4.98 Å². The number of ether oxygens (including phenoxy) is 1. The molecule has 1 saturated heterocycles. The Balaban J connectivity index is 1.32. The molecule has 2 N–H and O–H groups in total. The summed E-state index contributed by atoms with van der Waals surface area (Å²) >= 11 is 0. The highest BCUT2D eigenvalue weighted by atomic mass is 16.5. The molecule has 0 atom stereocenters. The first-order chi connectivity index (χ1) is 21.1. The molecule has 2 aromatic heterocycles. The number of anilines is 6. The Bertz CT molecular complexity index is 1610. The fraction of sp³-hybridized carbons (Fsp3) is 0.219. The number of nitrogens with one attached hydrogen (secondary N) is 2. The Hall–Kier alpha value is -5.29. The first-order valence-electron chi connectivity index (χ1n) is 14.2. The number of rotatable bonds is 8. The van der Waals surface area contributed by atoms with Crippen LogP contribution in [0.1, 0.15) is 11.1 Å². The van der Waals surface area contributed by atoms with Gasteiger partial charge in [-0.3, -0.25) is 4.79 Å². The molecule has 0 bridgehead atoms. The summed E-state index contributed by atoms with van der Waals surface area (Å²) in [5.41, 5.74) is 3.68. The van der Waals surface area contributed by atoms with Gasteiger partial charge < -0.3 is 25.2 Å². The zero-order valence-electron chi connectivity index (χ0n) is 23.6. The molecule has 6 rings (SSSR count). The van der Waals surface area contributed by atoms with Crippen LogP contribution in [0.25, 0.3) is 0 Å². The number of morpholine rings is 1. The third-order valence-corrected chi connectivity index (χ3v) is 7.28. The average molecular weight is 577 g/mol. The van der Waals surface area contributed by atoms with Gasteiger partial charge in [0.25, 0.3) is 0 Å². The van der Waals surface area contributed by atoms with E-state index in [2.05, 4.69) is 32.1 Å². The van der Waals surface area contributed by atoms with Crippen molar-refractivity contribution in [1.82, 2.24) is 19.9 Å². The fourth-order valence-electron chi connectivity index (χ4n) is 5.08. The molecule has 218 valence electrons. The lowest BCUT2D eigenvalue weighted by Gasteiger charge is -2.28. The van der Waals surface area contributed by atoms with Gasteiger partial charge in [0, 0.05) is 43.6 Å². The average Bonchev–Trinajstić information content (AvgIpc) is 3.18. The minimum Gasteiger partial charge on any atom is -0.378 e. The molecule has 11 heteroatoms. The van der Waals surface area contributed by atoms with E-state index in [4.69, 9.17) is 9.72 Å². The van der Waals surface area contributed by atoms with E-state index in [1.54, 1.807) is 40.4 Å². The molecule has 1 fully saturated rings. The van der Waals surface area contributed by atoms with Gasteiger partial charge in [-0.05, 0) is 48.4 Å². The summed E-state index contributed by atoms with van der Waals surface area (Å²) in [6.07, 6.45) is 5.29. The SMILES string of the molecule is C=CC(=O)Nc1cccc(N2C(=O)N(Cc3ccccc3)CCc3cnc(Nc4ccc(N5CCOCC5)nc4)nc32)c1. The van der Waals surface area contributed by atoms with Crippen molar-refractivity contribution in [2.75, 3.05) is 53.3 Å². The first kappa shape index (κ1) is 27.9. The van der Waals surface area contributed by atoms with E-state index >= 15 is 0 Å². The number of carbonyl (C=O) groups excluding carboxylic acids is 2. The summed E-state index contributed by atoms with van der Waals surface area (Å²) in [7, 11) is 0. The largest absolute Gasteiger partial charge is 0.378 e. The number of hydrogen-bond donors (Lipinski definition) is 2. The van der Waals surface area contributed by atoms with Crippen molar-refractivity contribution < 1.29 is 14.3 Å². The van der Waals surface area contributed by atoms with Crippen LogP contribution >= 0.6 is 0 Å². The topological polar surface area (TPSA) is 116 Å². The predicted molar refractivity (Wildman–Crippen MR) is 166 cm³/mol. The van der Waals surface area contributed by atoms with Crippen LogP contribution < -0.4 is 20.4 Å². The summed E-state index contributed by atoms with van der Waals surface area (Å²) in [5.74, 6) is 1.36. The molecule has 2 aliphatic rings. The van der Waals surface area contributed by atoms with Crippen molar-refractivity contribution in [2.24, 2.45) is 0 Å². The van der Waals surface area contributed by atoms with Crippen LogP contribution in [-0.4, -0.2) is 64.6 Å². The van der Waals surface area contributed by atoms with Gasteiger partial charge in [-0.25, -0.2) is 19.7 Å². The molecule has 2 aromatic carbocycles. The lowest BCUT2D eigenvalue weighted by Crippen LogP contribution is -2.40. The Morgan fingerprint density at radius 3 is 2.56 bits per heavy atom. The van der Waals surface area contributed by atoms with E-state index in [1.165, 1.54) is 6.08 Å². The molecule has 0 saturated carbocycles. The second-order valence-electron chi connectivity index (χ2n) is 10.2. The number of carbonyl (C=O) groups is 2. The van der Waals surface area contributed by atoms with Crippen LogP contribution in [0.15, 0.2) is 91.8 Å². The van der Waals surface area contributed by atoms with Gasteiger partial charge in [-0.15, -0.1) is 0 Å². The summed E-state index contributed by atoms with van der Waals surface area (Å²) in [4.78, 5) is 45.8. The number of nitrogens with zero attached hydrogens (tertiary/aromatic N) is 6. The van der Waals surface area contributed by atoms with E-state index in [0.29, 0.717) is 55.9 Å². The number of aromatic nitrogens is 3. The molecule has 0 spiro atoms. The lowest BCUT2D eigenvalue weighted by molar-refractivity contribution is -0.111. The minimum atomic E-state index is -0.340. The Kier molecular flexibility index (Phi) is 8.23. The predicted octanol–water partition coefficient (Wildman–Crippen LogP) is 4.89. The minimum absolute atomic E-state index is 0.226. The van der Waals surface area contributed by atoms with Crippen molar-refractivity contribution >= 4 is 46.6 Å². The third-order valence-electron chi connectivity index (χ3n) is 7.28. The molecular weight excluding hydrogens is 544 g/mol. The molecule has 4 aromatic rings. The van der Waals surface area contributed by atoms with Crippen molar-refractivity contribution in [3.05, 3.63) is 103 Å². The van der Waals surface area contributed by atoms with E-state index in [9.17, 15) is 9.59 Å². The second-order valence-corrected chi connectivity index (χ2v) is 10.2. The maximum atomic E-state index is 14.2. The van der Waals surface area contributed by atoms with E-state index < -0.39 is 0 Å². The quantitative estimate of drug-likeness (QED) is 0.285. The summed E-state index contributed by atoms with van der Waals surface area (Å²) < 4.78 is 5.44. The second kappa shape index (κ2) is 12.7. The van der Waals surface area contributed by atoms with E-state index in [1.807, 2.05) is 48.5 Å². The normalized spacial score (nSPS) is 15.0. The van der Waals surface area contributed by atoms with Crippen molar-refractivity contribution in [1.29, 1.82) is 0 Å². The lowest BCUT2D eigenvalue weighted by atomic mass is 10.2. The highest BCUT2D eigenvalue weighted by molar-refractivity contribution is 6.02. The van der Waals surface area contributed by atoms with Crippen molar-refractivity contribution in [2.45, 2.75) is 13.0 Å². The summed E-state index contributed by atoms with van der Waals surface area (Å²) in [5, 5.41) is 6.02. The van der Waals surface area contributed by atoms with Gasteiger partial charge in [0.1, 0.15) is 11.6 Å². The Labute approximate surface area is 249 Å². The number of fused-ring (bicyclic) bond motifs is 1. The number of hydrogen-bond acceptors (Lipinski definition) is 8. The van der Waals surface area contributed by atoms with Crippen LogP contribution in [0.3, 0.4) is 0 Å². The number of amides is 3. The van der Waals surface area contributed by atoms with Gasteiger partial charge in [0.15, 0.2) is 0 Å². The fourth-order valence-corrected chi connectivity index (χ4v) is 5.08. The first-order valence-corrected chi connectivity index (χ1v) is 14.2. The molecule has 3 amide bonds. The molecule has 11 nitrogen and oxygen atoms in total.